The molecule has 0 aliphatic heterocycles. The summed E-state index contributed by atoms with van der Waals surface area (Å²) in [6.45, 7) is 4.49. The maximum Gasteiger partial charge on any atom is 0.245 e. The molecule has 0 spiro atoms. The topological polar surface area (TPSA) is 49.8 Å². The van der Waals surface area contributed by atoms with E-state index in [4.69, 9.17) is 4.74 Å². The van der Waals surface area contributed by atoms with Crippen LogP contribution in [0.3, 0.4) is 0 Å². The van der Waals surface area contributed by atoms with Gasteiger partial charge in [0.2, 0.25) is 5.91 Å². The van der Waals surface area contributed by atoms with E-state index in [1.807, 2.05) is 54.6 Å². The summed E-state index contributed by atoms with van der Waals surface area (Å²) >= 11 is 0. The Balaban J connectivity index is 1.79. The van der Waals surface area contributed by atoms with E-state index in [2.05, 4.69) is 13.8 Å². The van der Waals surface area contributed by atoms with Crippen LogP contribution >= 0.6 is 0 Å². The number of hydrogen-bond donors (Lipinski definition) is 1. The van der Waals surface area contributed by atoms with Gasteiger partial charge in [-0.15, -0.1) is 0 Å². The van der Waals surface area contributed by atoms with Gasteiger partial charge < -0.3 is 4.74 Å². The van der Waals surface area contributed by atoms with Crippen LogP contribution in [0.4, 0.5) is 0 Å². The van der Waals surface area contributed by atoms with Crippen molar-refractivity contribution in [1.29, 1.82) is 0 Å². The number of para-hydroxylation sites is 1. The molecule has 0 unspecified atom stereocenters. The zero-order valence-electron chi connectivity index (χ0n) is 15.0. The molecule has 2 aromatic rings. The Morgan fingerprint density at radius 2 is 1.80 bits per heavy atom. The molecule has 0 radical (unpaired) electrons. The monoisotopic (exact) mass is 341 g/mol. The summed E-state index contributed by atoms with van der Waals surface area (Å²) in [5.74, 6) is 1.86. The highest BCUT2D eigenvalue weighted by Crippen LogP contribution is 2.22. The number of benzene rings is 2. The van der Waals surface area contributed by atoms with Crippen molar-refractivity contribution >= 4 is 5.91 Å². The van der Waals surface area contributed by atoms with Crippen LogP contribution in [0.2, 0.25) is 0 Å². The van der Waals surface area contributed by atoms with Crippen LogP contribution < -0.4 is 4.74 Å². The lowest BCUT2D eigenvalue weighted by Crippen LogP contribution is -2.28. The summed E-state index contributed by atoms with van der Waals surface area (Å²) in [5, 5.41) is 10.7. The normalized spacial score (nSPS) is 10.7. The minimum atomic E-state index is -0.199. The standard InChI is InChI=1S/C21H27NO3/c1-17(2)13-14-21(23)22(24)15-7-9-18-8-6-12-20(16-18)25-19-10-4-3-5-11-19/h3-6,8,10-12,16-17,24H,7,9,13-15H2,1-2H3. The Morgan fingerprint density at radius 1 is 1.08 bits per heavy atom. The largest absolute Gasteiger partial charge is 0.457 e. The Labute approximate surface area is 150 Å². The fraction of sp³-hybridized carbons (Fsp3) is 0.381. The number of aryl methyl sites for hydroxylation is 1. The molecule has 4 nitrogen and oxygen atoms in total. The average Bonchev–Trinajstić information content (AvgIpc) is 2.60. The Morgan fingerprint density at radius 3 is 2.52 bits per heavy atom. The van der Waals surface area contributed by atoms with Gasteiger partial charge in [-0.1, -0.05) is 44.2 Å². The first-order valence-corrected chi connectivity index (χ1v) is 8.85. The minimum Gasteiger partial charge on any atom is -0.457 e. The first kappa shape index (κ1) is 19.0. The third kappa shape index (κ3) is 6.98. The van der Waals surface area contributed by atoms with Crippen molar-refractivity contribution in [2.24, 2.45) is 5.92 Å². The number of amides is 1. The van der Waals surface area contributed by atoms with E-state index in [-0.39, 0.29) is 5.91 Å². The molecule has 0 aromatic heterocycles. The highest BCUT2D eigenvalue weighted by atomic mass is 16.5. The van der Waals surface area contributed by atoms with Gasteiger partial charge in [0.1, 0.15) is 11.5 Å². The van der Waals surface area contributed by atoms with Gasteiger partial charge in [0.15, 0.2) is 0 Å². The molecule has 0 fully saturated rings. The zero-order chi connectivity index (χ0) is 18.1. The summed E-state index contributed by atoms with van der Waals surface area (Å²) in [5.41, 5.74) is 1.12. The molecule has 0 bridgehead atoms. The van der Waals surface area contributed by atoms with E-state index >= 15 is 0 Å². The molecule has 0 saturated heterocycles. The molecule has 0 aliphatic carbocycles. The second-order valence-electron chi connectivity index (χ2n) is 6.62. The lowest BCUT2D eigenvalue weighted by Gasteiger charge is -2.15. The first-order chi connectivity index (χ1) is 12.0. The van der Waals surface area contributed by atoms with Crippen LogP contribution in [0.25, 0.3) is 0 Å². The highest BCUT2D eigenvalue weighted by molar-refractivity contribution is 5.74. The number of hydroxylamine groups is 2. The van der Waals surface area contributed by atoms with Crippen molar-refractivity contribution in [3.8, 4) is 11.5 Å². The van der Waals surface area contributed by atoms with Crippen LogP contribution in [0.15, 0.2) is 54.6 Å². The highest BCUT2D eigenvalue weighted by Gasteiger charge is 2.11. The summed E-state index contributed by atoms with van der Waals surface area (Å²) in [6, 6.07) is 17.6. The Bertz CT molecular complexity index is 655. The first-order valence-electron chi connectivity index (χ1n) is 8.85. The average molecular weight is 341 g/mol. The van der Waals surface area contributed by atoms with Crippen molar-refractivity contribution in [1.82, 2.24) is 5.06 Å². The van der Waals surface area contributed by atoms with Crippen molar-refractivity contribution in [3.63, 3.8) is 0 Å². The predicted molar refractivity (Wildman–Crippen MR) is 98.9 cm³/mol. The minimum absolute atomic E-state index is 0.199. The smallest absolute Gasteiger partial charge is 0.245 e. The van der Waals surface area contributed by atoms with Crippen molar-refractivity contribution < 1.29 is 14.7 Å². The fourth-order valence-electron chi connectivity index (χ4n) is 2.49. The third-order valence-electron chi connectivity index (χ3n) is 3.94. The molecule has 2 rings (SSSR count). The van der Waals surface area contributed by atoms with Crippen molar-refractivity contribution in [3.05, 3.63) is 60.2 Å². The zero-order valence-corrected chi connectivity index (χ0v) is 15.0. The maximum absolute atomic E-state index is 11.8. The van der Waals surface area contributed by atoms with Gasteiger partial charge in [-0.25, -0.2) is 5.06 Å². The molecule has 0 atom stereocenters. The number of carbonyl (C=O) groups is 1. The summed E-state index contributed by atoms with van der Waals surface area (Å²) in [7, 11) is 0. The lowest BCUT2D eigenvalue weighted by atomic mass is 10.1. The van der Waals surface area contributed by atoms with Crippen molar-refractivity contribution in [2.75, 3.05) is 6.54 Å². The molecule has 25 heavy (non-hydrogen) atoms. The Hall–Kier alpha value is -2.33. The maximum atomic E-state index is 11.8. The number of hydrogen-bond acceptors (Lipinski definition) is 3. The second kappa shape index (κ2) is 9.84. The van der Waals surface area contributed by atoms with Crippen LogP contribution in [0.5, 0.6) is 11.5 Å². The lowest BCUT2D eigenvalue weighted by molar-refractivity contribution is -0.165. The number of carbonyl (C=O) groups excluding carboxylic acids is 1. The van der Waals surface area contributed by atoms with Crippen LogP contribution in [0.1, 0.15) is 38.7 Å². The second-order valence-corrected chi connectivity index (χ2v) is 6.62. The van der Waals surface area contributed by atoms with Gasteiger partial charge in [0.05, 0.1) is 0 Å². The predicted octanol–water partition coefficient (Wildman–Crippen LogP) is 5.07. The summed E-state index contributed by atoms with van der Waals surface area (Å²) in [6.07, 6.45) is 2.68. The number of rotatable bonds is 9. The van der Waals surface area contributed by atoms with Gasteiger partial charge >= 0.3 is 0 Å². The van der Waals surface area contributed by atoms with E-state index in [0.717, 1.165) is 35.0 Å². The van der Waals surface area contributed by atoms with Crippen molar-refractivity contribution in [2.45, 2.75) is 39.5 Å². The van der Waals surface area contributed by atoms with Gasteiger partial charge in [-0.3, -0.25) is 10.0 Å². The van der Waals surface area contributed by atoms with Gasteiger partial charge in [0, 0.05) is 13.0 Å². The van der Waals surface area contributed by atoms with E-state index in [9.17, 15) is 10.0 Å². The SMILES string of the molecule is CC(C)CCC(=O)N(O)CCCc1cccc(Oc2ccccc2)c1. The number of ether oxygens (including phenoxy) is 1. The van der Waals surface area contributed by atoms with Gasteiger partial charge in [-0.05, 0) is 55.0 Å². The van der Waals surface area contributed by atoms with E-state index in [1.54, 1.807) is 0 Å². The van der Waals surface area contributed by atoms with E-state index < -0.39 is 0 Å². The molecule has 0 aliphatic rings. The van der Waals surface area contributed by atoms with Crippen LogP contribution in [-0.2, 0) is 11.2 Å². The Kier molecular flexibility index (Phi) is 7.48. The van der Waals surface area contributed by atoms with Gasteiger partial charge in [0.25, 0.3) is 0 Å². The fourth-order valence-corrected chi connectivity index (χ4v) is 2.49. The van der Waals surface area contributed by atoms with Crippen LogP contribution in [0, 0.1) is 5.92 Å². The summed E-state index contributed by atoms with van der Waals surface area (Å²) < 4.78 is 5.83. The molecule has 0 heterocycles. The molecule has 2 aromatic carbocycles. The number of nitrogens with zero attached hydrogens (tertiary/aromatic N) is 1. The van der Waals surface area contributed by atoms with Crippen LogP contribution in [-0.4, -0.2) is 22.7 Å². The van der Waals surface area contributed by atoms with E-state index in [0.29, 0.717) is 25.3 Å². The summed E-state index contributed by atoms with van der Waals surface area (Å²) in [4.78, 5) is 11.8. The molecule has 1 N–H and O–H groups in total. The quantitative estimate of drug-likeness (QED) is 0.512. The molecule has 1 amide bonds. The molecular formula is C21H27NO3. The molecular weight excluding hydrogens is 314 g/mol. The molecule has 4 heteroatoms. The van der Waals surface area contributed by atoms with Gasteiger partial charge in [-0.2, -0.15) is 0 Å². The third-order valence-corrected chi connectivity index (χ3v) is 3.94. The van der Waals surface area contributed by atoms with E-state index in [1.165, 1.54) is 0 Å². The molecule has 134 valence electrons. The molecule has 0 saturated carbocycles.